The van der Waals surface area contributed by atoms with Crippen LogP contribution in [0.1, 0.15) is 23.7 Å². The van der Waals surface area contributed by atoms with Crippen LogP contribution in [0.2, 0.25) is 0 Å². The number of nitrogens with one attached hydrogen (secondary N) is 3. The standard InChI is InChI=1S/C14H19N3O2/c1-9-10(7-8-16-9)14(19)17-12-6-4-3-5-11(12)13(18)15-2/h3-6,9-10,16H,7-8H2,1-2H3,(H,15,18)(H,17,19). The van der Waals surface area contributed by atoms with Crippen molar-refractivity contribution in [3.8, 4) is 0 Å². The zero-order valence-electron chi connectivity index (χ0n) is 11.2. The zero-order chi connectivity index (χ0) is 13.8. The highest BCUT2D eigenvalue weighted by atomic mass is 16.2. The smallest absolute Gasteiger partial charge is 0.253 e. The van der Waals surface area contributed by atoms with Crippen molar-refractivity contribution >= 4 is 17.5 Å². The SMILES string of the molecule is CNC(=O)c1ccccc1NC(=O)C1CCNC1C. The number of amides is 2. The van der Waals surface area contributed by atoms with E-state index < -0.39 is 0 Å². The number of hydrogen-bond donors (Lipinski definition) is 3. The molecule has 0 aromatic heterocycles. The Hall–Kier alpha value is -1.88. The third kappa shape index (κ3) is 2.93. The summed E-state index contributed by atoms with van der Waals surface area (Å²) < 4.78 is 0. The Morgan fingerprint density at radius 3 is 2.68 bits per heavy atom. The molecule has 1 aromatic rings. The second-order valence-corrected chi connectivity index (χ2v) is 4.75. The van der Waals surface area contributed by atoms with E-state index in [1.165, 1.54) is 0 Å². The predicted molar refractivity (Wildman–Crippen MR) is 74.0 cm³/mol. The molecular weight excluding hydrogens is 242 g/mol. The number of para-hydroxylation sites is 1. The fourth-order valence-electron chi connectivity index (χ4n) is 2.37. The van der Waals surface area contributed by atoms with Crippen molar-refractivity contribution in [3.05, 3.63) is 29.8 Å². The second kappa shape index (κ2) is 5.84. The van der Waals surface area contributed by atoms with E-state index in [4.69, 9.17) is 0 Å². The largest absolute Gasteiger partial charge is 0.355 e. The van der Waals surface area contributed by atoms with Gasteiger partial charge in [0.2, 0.25) is 5.91 Å². The molecule has 0 saturated carbocycles. The highest BCUT2D eigenvalue weighted by molar-refractivity contribution is 6.04. The van der Waals surface area contributed by atoms with Gasteiger partial charge in [-0.2, -0.15) is 0 Å². The van der Waals surface area contributed by atoms with E-state index in [0.29, 0.717) is 11.3 Å². The Bertz CT molecular complexity index is 487. The van der Waals surface area contributed by atoms with Gasteiger partial charge in [0, 0.05) is 13.1 Å². The number of rotatable bonds is 3. The molecule has 5 heteroatoms. The summed E-state index contributed by atoms with van der Waals surface area (Å²) in [6.45, 7) is 2.86. The zero-order valence-corrected chi connectivity index (χ0v) is 11.2. The van der Waals surface area contributed by atoms with Crippen molar-refractivity contribution in [1.29, 1.82) is 0 Å². The van der Waals surface area contributed by atoms with Gasteiger partial charge in [0.15, 0.2) is 0 Å². The van der Waals surface area contributed by atoms with E-state index in [9.17, 15) is 9.59 Å². The highest BCUT2D eigenvalue weighted by Gasteiger charge is 2.29. The molecule has 102 valence electrons. The van der Waals surface area contributed by atoms with Crippen LogP contribution in [0.5, 0.6) is 0 Å². The Morgan fingerprint density at radius 1 is 1.32 bits per heavy atom. The number of carbonyl (C=O) groups is 2. The third-order valence-corrected chi connectivity index (χ3v) is 3.52. The first-order valence-corrected chi connectivity index (χ1v) is 6.49. The molecule has 2 rings (SSSR count). The van der Waals surface area contributed by atoms with Gasteiger partial charge < -0.3 is 16.0 Å². The summed E-state index contributed by atoms with van der Waals surface area (Å²) in [5, 5.41) is 8.67. The third-order valence-electron chi connectivity index (χ3n) is 3.52. The normalized spacial score (nSPS) is 22.0. The first-order chi connectivity index (χ1) is 9.13. The van der Waals surface area contributed by atoms with Crippen LogP contribution in [-0.2, 0) is 4.79 Å². The van der Waals surface area contributed by atoms with Gasteiger partial charge in [-0.3, -0.25) is 9.59 Å². The van der Waals surface area contributed by atoms with E-state index in [2.05, 4.69) is 16.0 Å². The van der Waals surface area contributed by atoms with Gasteiger partial charge in [0.05, 0.1) is 17.2 Å². The van der Waals surface area contributed by atoms with Crippen LogP contribution in [0.4, 0.5) is 5.69 Å². The average Bonchev–Trinajstić information content (AvgIpc) is 2.85. The number of benzene rings is 1. The summed E-state index contributed by atoms with van der Waals surface area (Å²) >= 11 is 0. The van der Waals surface area contributed by atoms with E-state index in [-0.39, 0.29) is 23.8 Å². The summed E-state index contributed by atoms with van der Waals surface area (Å²) in [7, 11) is 1.57. The van der Waals surface area contributed by atoms with Gasteiger partial charge >= 0.3 is 0 Å². The van der Waals surface area contributed by atoms with Crippen LogP contribution in [0.25, 0.3) is 0 Å². The highest BCUT2D eigenvalue weighted by Crippen LogP contribution is 2.20. The van der Waals surface area contributed by atoms with Crippen molar-refractivity contribution in [2.24, 2.45) is 5.92 Å². The molecule has 5 nitrogen and oxygen atoms in total. The Labute approximate surface area is 112 Å². The molecule has 1 aliphatic rings. The van der Waals surface area contributed by atoms with Crippen LogP contribution < -0.4 is 16.0 Å². The lowest BCUT2D eigenvalue weighted by Gasteiger charge is -2.16. The van der Waals surface area contributed by atoms with Gasteiger partial charge in [0.1, 0.15) is 0 Å². The number of hydrogen-bond acceptors (Lipinski definition) is 3. The van der Waals surface area contributed by atoms with Crippen LogP contribution in [0, 0.1) is 5.92 Å². The molecule has 0 radical (unpaired) electrons. The minimum atomic E-state index is -0.200. The summed E-state index contributed by atoms with van der Waals surface area (Å²) in [6, 6.07) is 7.20. The maximum atomic E-state index is 12.2. The Kier molecular flexibility index (Phi) is 4.16. The molecule has 0 bridgehead atoms. The molecule has 0 spiro atoms. The number of carbonyl (C=O) groups excluding carboxylic acids is 2. The van der Waals surface area contributed by atoms with Crippen LogP contribution in [0.15, 0.2) is 24.3 Å². The molecule has 1 fully saturated rings. The lowest BCUT2D eigenvalue weighted by Crippen LogP contribution is -2.32. The van der Waals surface area contributed by atoms with Gasteiger partial charge in [0.25, 0.3) is 5.91 Å². The van der Waals surface area contributed by atoms with Crippen molar-refractivity contribution in [3.63, 3.8) is 0 Å². The fraction of sp³-hybridized carbons (Fsp3) is 0.429. The summed E-state index contributed by atoms with van der Waals surface area (Å²) in [4.78, 5) is 23.9. The second-order valence-electron chi connectivity index (χ2n) is 4.75. The molecule has 2 atom stereocenters. The molecule has 19 heavy (non-hydrogen) atoms. The van der Waals surface area contributed by atoms with Crippen LogP contribution in [0.3, 0.4) is 0 Å². The monoisotopic (exact) mass is 261 g/mol. The molecule has 3 N–H and O–H groups in total. The first kappa shape index (κ1) is 13.5. The van der Waals surface area contributed by atoms with Gasteiger partial charge in [-0.1, -0.05) is 12.1 Å². The maximum absolute atomic E-state index is 12.2. The quantitative estimate of drug-likeness (QED) is 0.759. The minimum Gasteiger partial charge on any atom is -0.355 e. The lowest BCUT2D eigenvalue weighted by atomic mass is 10.0. The van der Waals surface area contributed by atoms with Crippen LogP contribution in [-0.4, -0.2) is 31.4 Å². The molecule has 1 saturated heterocycles. The molecular formula is C14H19N3O2. The topological polar surface area (TPSA) is 70.2 Å². The molecule has 2 amide bonds. The van der Waals surface area contributed by atoms with Gasteiger partial charge in [-0.25, -0.2) is 0 Å². The Morgan fingerprint density at radius 2 is 2.05 bits per heavy atom. The minimum absolute atomic E-state index is 0.0335. The molecule has 1 heterocycles. The van der Waals surface area contributed by atoms with E-state index in [1.807, 2.05) is 6.92 Å². The number of anilines is 1. The molecule has 0 aliphatic carbocycles. The first-order valence-electron chi connectivity index (χ1n) is 6.49. The lowest BCUT2D eigenvalue weighted by molar-refractivity contribution is -0.120. The maximum Gasteiger partial charge on any atom is 0.253 e. The fourth-order valence-corrected chi connectivity index (χ4v) is 2.37. The van der Waals surface area contributed by atoms with E-state index in [1.54, 1.807) is 31.3 Å². The summed E-state index contributed by atoms with van der Waals surface area (Å²) in [5.74, 6) is -0.278. The summed E-state index contributed by atoms with van der Waals surface area (Å²) in [6.07, 6.45) is 0.829. The van der Waals surface area contributed by atoms with Gasteiger partial charge in [-0.05, 0) is 32.0 Å². The van der Waals surface area contributed by atoms with E-state index >= 15 is 0 Å². The van der Waals surface area contributed by atoms with Crippen molar-refractivity contribution in [2.75, 3.05) is 18.9 Å². The van der Waals surface area contributed by atoms with Crippen LogP contribution >= 0.6 is 0 Å². The predicted octanol–water partition coefficient (Wildman–Crippen LogP) is 0.983. The van der Waals surface area contributed by atoms with E-state index in [0.717, 1.165) is 13.0 Å². The van der Waals surface area contributed by atoms with Gasteiger partial charge in [-0.15, -0.1) is 0 Å². The molecule has 1 aliphatic heterocycles. The average molecular weight is 261 g/mol. The molecule has 1 aromatic carbocycles. The van der Waals surface area contributed by atoms with Crippen molar-refractivity contribution < 1.29 is 9.59 Å². The van der Waals surface area contributed by atoms with Crippen molar-refractivity contribution in [1.82, 2.24) is 10.6 Å². The molecule has 2 unspecified atom stereocenters. The Balaban J connectivity index is 2.14. The summed E-state index contributed by atoms with van der Waals surface area (Å²) in [5.41, 5.74) is 1.04. The van der Waals surface area contributed by atoms with Crippen molar-refractivity contribution in [2.45, 2.75) is 19.4 Å².